The van der Waals surface area contributed by atoms with Gasteiger partial charge in [0.25, 0.3) is 0 Å². The van der Waals surface area contributed by atoms with Gasteiger partial charge in [-0.25, -0.2) is 4.39 Å². The van der Waals surface area contributed by atoms with Crippen molar-refractivity contribution >= 4 is 12.0 Å². The first-order valence-corrected chi connectivity index (χ1v) is 7.45. The molecule has 0 aromatic heterocycles. The third kappa shape index (κ3) is 4.85. The zero-order chi connectivity index (χ0) is 15.8. The molecule has 0 unspecified atom stereocenters. The van der Waals surface area contributed by atoms with E-state index in [-0.39, 0.29) is 11.7 Å². The molecule has 2 rings (SSSR count). The van der Waals surface area contributed by atoms with Gasteiger partial charge in [0.05, 0.1) is 0 Å². The maximum absolute atomic E-state index is 12.8. The van der Waals surface area contributed by atoms with Gasteiger partial charge in [-0.3, -0.25) is 4.79 Å². The molecule has 2 aromatic carbocycles. The minimum Gasteiger partial charge on any atom is -0.352 e. The quantitative estimate of drug-likeness (QED) is 0.797. The summed E-state index contributed by atoms with van der Waals surface area (Å²) < 4.78 is 12.8. The Morgan fingerprint density at radius 1 is 1.14 bits per heavy atom. The van der Waals surface area contributed by atoms with Gasteiger partial charge in [0.1, 0.15) is 5.82 Å². The largest absolute Gasteiger partial charge is 0.352 e. The molecule has 1 N–H and O–H groups in total. The van der Waals surface area contributed by atoms with Crippen LogP contribution >= 0.6 is 0 Å². The summed E-state index contributed by atoms with van der Waals surface area (Å²) in [6, 6.07) is 16.2. The molecule has 0 saturated heterocycles. The average Bonchev–Trinajstić information content (AvgIpc) is 2.56. The Morgan fingerprint density at radius 2 is 1.82 bits per heavy atom. The molecule has 0 aliphatic rings. The maximum atomic E-state index is 12.8. The second kappa shape index (κ2) is 8.13. The molecule has 1 amide bonds. The van der Waals surface area contributed by atoms with Crippen LogP contribution in [0.4, 0.5) is 4.39 Å². The fourth-order valence-electron chi connectivity index (χ4n) is 2.25. The molecule has 22 heavy (non-hydrogen) atoms. The van der Waals surface area contributed by atoms with Crippen molar-refractivity contribution in [1.29, 1.82) is 0 Å². The van der Waals surface area contributed by atoms with Gasteiger partial charge in [-0.05, 0) is 35.8 Å². The minimum atomic E-state index is -0.282. The molecule has 0 heterocycles. The normalized spacial score (nSPS) is 12.3. The highest BCUT2D eigenvalue weighted by atomic mass is 19.1. The topological polar surface area (TPSA) is 29.1 Å². The number of nitrogens with one attached hydrogen (secondary N) is 1. The highest BCUT2D eigenvalue weighted by molar-refractivity contribution is 5.91. The van der Waals surface area contributed by atoms with Gasteiger partial charge in [-0.2, -0.15) is 0 Å². The fraction of sp³-hybridized carbons (Fsp3) is 0.211. The second-order valence-corrected chi connectivity index (χ2v) is 5.15. The molecular formula is C19H20FNO. The average molecular weight is 297 g/mol. The molecule has 1 atom stereocenters. The number of rotatable bonds is 6. The van der Waals surface area contributed by atoms with Gasteiger partial charge in [0.2, 0.25) is 5.91 Å². The first kappa shape index (κ1) is 16.0. The summed E-state index contributed by atoms with van der Waals surface area (Å²) in [5.74, 6) is -0.113. The SMILES string of the molecule is CC[C@H](CNC(=O)/C=C/c1ccc(F)cc1)c1ccccc1. The van der Waals surface area contributed by atoms with Gasteiger partial charge in [-0.1, -0.05) is 49.4 Å². The van der Waals surface area contributed by atoms with Crippen molar-refractivity contribution < 1.29 is 9.18 Å². The maximum Gasteiger partial charge on any atom is 0.244 e. The van der Waals surface area contributed by atoms with E-state index in [2.05, 4.69) is 24.4 Å². The van der Waals surface area contributed by atoms with E-state index in [1.54, 1.807) is 18.2 Å². The Kier molecular flexibility index (Phi) is 5.90. The highest BCUT2D eigenvalue weighted by Gasteiger charge is 2.09. The van der Waals surface area contributed by atoms with Gasteiger partial charge in [-0.15, -0.1) is 0 Å². The zero-order valence-corrected chi connectivity index (χ0v) is 12.6. The predicted molar refractivity (Wildman–Crippen MR) is 87.9 cm³/mol. The fourth-order valence-corrected chi connectivity index (χ4v) is 2.25. The monoisotopic (exact) mass is 297 g/mol. The van der Waals surface area contributed by atoms with Gasteiger partial charge in [0, 0.05) is 18.5 Å². The number of benzene rings is 2. The Bertz CT molecular complexity index is 620. The summed E-state index contributed by atoms with van der Waals surface area (Å²) in [5.41, 5.74) is 2.03. The Balaban J connectivity index is 1.87. The molecule has 114 valence electrons. The van der Waals surface area contributed by atoms with Crippen LogP contribution < -0.4 is 5.32 Å². The van der Waals surface area contributed by atoms with Crippen LogP contribution in [0.2, 0.25) is 0 Å². The molecule has 0 aliphatic carbocycles. The number of hydrogen-bond acceptors (Lipinski definition) is 1. The van der Waals surface area contributed by atoms with Crippen LogP contribution in [-0.2, 0) is 4.79 Å². The van der Waals surface area contributed by atoms with E-state index in [9.17, 15) is 9.18 Å². The summed E-state index contributed by atoms with van der Waals surface area (Å²) in [6.07, 6.45) is 4.12. The van der Waals surface area contributed by atoms with Gasteiger partial charge >= 0.3 is 0 Å². The van der Waals surface area contributed by atoms with Crippen LogP contribution in [-0.4, -0.2) is 12.5 Å². The van der Waals surface area contributed by atoms with Gasteiger partial charge in [0.15, 0.2) is 0 Å². The number of carbonyl (C=O) groups is 1. The first-order chi connectivity index (χ1) is 10.7. The summed E-state index contributed by atoms with van der Waals surface area (Å²) in [6.45, 7) is 2.71. The van der Waals surface area contributed by atoms with Crippen LogP contribution in [0.3, 0.4) is 0 Å². The molecule has 0 saturated carbocycles. The molecule has 0 aliphatic heterocycles. The lowest BCUT2D eigenvalue weighted by Crippen LogP contribution is -2.26. The molecule has 0 spiro atoms. The highest BCUT2D eigenvalue weighted by Crippen LogP contribution is 2.17. The number of hydrogen-bond donors (Lipinski definition) is 1. The predicted octanol–water partition coefficient (Wildman–Crippen LogP) is 4.15. The molecule has 3 heteroatoms. The van der Waals surface area contributed by atoms with E-state index in [0.29, 0.717) is 12.5 Å². The van der Waals surface area contributed by atoms with E-state index in [1.807, 2.05) is 18.2 Å². The van der Waals surface area contributed by atoms with Crippen LogP contribution in [0.15, 0.2) is 60.7 Å². The van der Waals surface area contributed by atoms with E-state index in [1.165, 1.54) is 23.8 Å². The lowest BCUT2D eigenvalue weighted by atomic mass is 9.96. The first-order valence-electron chi connectivity index (χ1n) is 7.45. The van der Waals surface area contributed by atoms with E-state index >= 15 is 0 Å². The lowest BCUT2D eigenvalue weighted by molar-refractivity contribution is -0.116. The zero-order valence-electron chi connectivity index (χ0n) is 12.6. The number of amides is 1. The second-order valence-electron chi connectivity index (χ2n) is 5.15. The summed E-state index contributed by atoms with van der Waals surface area (Å²) in [7, 11) is 0. The molecule has 0 radical (unpaired) electrons. The van der Waals surface area contributed by atoms with Crippen molar-refractivity contribution in [3.8, 4) is 0 Å². The summed E-state index contributed by atoms with van der Waals surface area (Å²) in [4.78, 5) is 11.9. The molecule has 2 nitrogen and oxygen atoms in total. The molecule has 0 bridgehead atoms. The molecule has 2 aromatic rings. The van der Waals surface area contributed by atoms with Crippen molar-refractivity contribution in [3.63, 3.8) is 0 Å². The van der Waals surface area contributed by atoms with Crippen molar-refractivity contribution in [3.05, 3.63) is 77.6 Å². The third-order valence-electron chi connectivity index (χ3n) is 3.58. The molecule has 0 fully saturated rings. The van der Waals surface area contributed by atoms with Crippen LogP contribution in [0.1, 0.15) is 30.4 Å². The molecular weight excluding hydrogens is 277 g/mol. The van der Waals surface area contributed by atoms with E-state index in [0.717, 1.165) is 12.0 Å². The lowest BCUT2D eigenvalue weighted by Gasteiger charge is -2.15. The van der Waals surface area contributed by atoms with Gasteiger partial charge < -0.3 is 5.32 Å². The van der Waals surface area contributed by atoms with E-state index in [4.69, 9.17) is 0 Å². The smallest absolute Gasteiger partial charge is 0.244 e. The van der Waals surface area contributed by atoms with Crippen molar-refractivity contribution in [2.75, 3.05) is 6.54 Å². The number of carbonyl (C=O) groups excluding carboxylic acids is 1. The third-order valence-corrected chi connectivity index (χ3v) is 3.58. The van der Waals surface area contributed by atoms with Crippen molar-refractivity contribution in [2.24, 2.45) is 0 Å². The van der Waals surface area contributed by atoms with Crippen molar-refractivity contribution in [1.82, 2.24) is 5.32 Å². The summed E-state index contributed by atoms with van der Waals surface area (Å²) in [5, 5.41) is 2.91. The Labute approximate surface area is 130 Å². The number of halogens is 1. The van der Waals surface area contributed by atoms with E-state index < -0.39 is 0 Å². The van der Waals surface area contributed by atoms with Crippen molar-refractivity contribution in [2.45, 2.75) is 19.3 Å². The van der Waals surface area contributed by atoms with Crippen LogP contribution in [0, 0.1) is 5.82 Å². The van der Waals surface area contributed by atoms with Crippen LogP contribution in [0.25, 0.3) is 6.08 Å². The Hall–Kier alpha value is -2.42. The Morgan fingerprint density at radius 3 is 2.45 bits per heavy atom. The standard InChI is InChI=1S/C19H20FNO/c1-2-16(17-6-4-3-5-7-17)14-21-19(22)13-10-15-8-11-18(20)12-9-15/h3-13,16H,2,14H2,1H3,(H,21,22)/b13-10+/t16-/m1/s1. The van der Waals surface area contributed by atoms with Crippen LogP contribution in [0.5, 0.6) is 0 Å². The minimum absolute atomic E-state index is 0.140. The summed E-state index contributed by atoms with van der Waals surface area (Å²) >= 11 is 0.